The lowest BCUT2D eigenvalue weighted by Crippen LogP contribution is -2.46. The van der Waals surface area contributed by atoms with E-state index in [4.69, 9.17) is 21.8 Å². The van der Waals surface area contributed by atoms with E-state index in [0.29, 0.717) is 12.8 Å². The van der Waals surface area contributed by atoms with Crippen molar-refractivity contribution in [2.75, 3.05) is 11.9 Å². The summed E-state index contributed by atoms with van der Waals surface area (Å²) < 4.78 is 0. The fraction of sp³-hybridized carbons (Fsp3) is 0.385. The molecule has 1 aromatic rings. The van der Waals surface area contributed by atoms with Crippen molar-refractivity contribution in [1.29, 1.82) is 0 Å². The molecule has 0 saturated heterocycles. The molecular weight excluding hydrogens is 284 g/mol. The van der Waals surface area contributed by atoms with Gasteiger partial charge in [0.25, 0.3) is 0 Å². The molecule has 1 aliphatic rings. The third-order valence-electron chi connectivity index (χ3n) is 3.15. The fourth-order valence-electron chi connectivity index (χ4n) is 1.94. The zero-order valence-electron chi connectivity index (χ0n) is 10.6. The van der Waals surface area contributed by atoms with Crippen LogP contribution in [0.2, 0.25) is 5.02 Å². The topological polar surface area (TPSA) is 98.7 Å². The van der Waals surface area contributed by atoms with Gasteiger partial charge in [-0.15, -0.1) is 0 Å². The van der Waals surface area contributed by atoms with Crippen molar-refractivity contribution in [2.45, 2.75) is 25.0 Å². The van der Waals surface area contributed by atoms with E-state index in [-0.39, 0.29) is 40.9 Å². The van der Waals surface area contributed by atoms with Crippen LogP contribution in [0.3, 0.4) is 0 Å². The lowest BCUT2D eigenvalue weighted by molar-refractivity contribution is -0.115. The second-order valence-electron chi connectivity index (χ2n) is 4.75. The van der Waals surface area contributed by atoms with Crippen LogP contribution in [-0.4, -0.2) is 40.8 Å². The largest absolute Gasteiger partial charge is 0.478 e. The SMILES string of the molecule is O=C(CNC1CC(O)C1)Nc1cc(C(=O)O)ccc1Cl. The first-order chi connectivity index (χ1) is 9.45. The third kappa shape index (κ3) is 3.69. The number of carboxylic acids is 1. The van der Waals surface area contributed by atoms with Crippen LogP contribution in [0, 0.1) is 0 Å². The maximum atomic E-state index is 11.7. The van der Waals surface area contributed by atoms with E-state index in [0.717, 1.165) is 0 Å². The molecule has 0 bridgehead atoms. The summed E-state index contributed by atoms with van der Waals surface area (Å²) in [6.07, 6.45) is 1.00. The molecule has 20 heavy (non-hydrogen) atoms. The van der Waals surface area contributed by atoms with Gasteiger partial charge in [-0.1, -0.05) is 11.6 Å². The van der Waals surface area contributed by atoms with Gasteiger partial charge in [0, 0.05) is 6.04 Å². The summed E-state index contributed by atoms with van der Waals surface area (Å²) in [5.74, 6) is -1.39. The Kier molecular flexibility index (Phi) is 4.59. The summed E-state index contributed by atoms with van der Waals surface area (Å²) in [5, 5.41) is 23.8. The average Bonchev–Trinajstić information content (AvgIpc) is 2.35. The standard InChI is InChI=1S/C13H15ClN2O4/c14-10-2-1-7(13(19)20)3-11(10)16-12(18)6-15-8-4-9(17)5-8/h1-3,8-9,15,17H,4-6H2,(H,16,18)(H,19,20). The van der Waals surface area contributed by atoms with E-state index in [1.165, 1.54) is 18.2 Å². The zero-order valence-corrected chi connectivity index (χ0v) is 11.4. The summed E-state index contributed by atoms with van der Waals surface area (Å²) in [4.78, 5) is 22.6. The molecule has 4 N–H and O–H groups in total. The van der Waals surface area contributed by atoms with Crippen molar-refractivity contribution in [2.24, 2.45) is 0 Å². The van der Waals surface area contributed by atoms with Crippen molar-refractivity contribution >= 4 is 29.2 Å². The molecule has 0 heterocycles. The van der Waals surface area contributed by atoms with Crippen LogP contribution in [0.5, 0.6) is 0 Å². The molecule has 1 aliphatic carbocycles. The Bertz CT molecular complexity index is 529. The van der Waals surface area contributed by atoms with E-state index >= 15 is 0 Å². The number of hydrogen-bond donors (Lipinski definition) is 4. The fourth-order valence-corrected chi connectivity index (χ4v) is 2.10. The summed E-state index contributed by atoms with van der Waals surface area (Å²) >= 11 is 5.90. The monoisotopic (exact) mass is 298 g/mol. The molecule has 0 spiro atoms. The molecule has 6 nitrogen and oxygen atoms in total. The first kappa shape index (κ1) is 14.8. The van der Waals surface area contributed by atoms with Gasteiger partial charge in [-0.25, -0.2) is 4.79 Å². The van der Waals surface area contributed by atoms with Crippen LogP contribution < -0.4 is 10.6 Å². The normalized spacial score (nSPS) is 21.1. The van der Waals surface area contributed by atoms with Crippen LogP contribution in [0.4, 0.5) is 5.69 Å². The number of halogens is 1. The Morgan fingerprint density at radius 1 is 1.35 bits per heavy atom. The molecule has 0 aromatic heterocycles. The minimum atomic E-state index is -1.08. The molecule has 7 heteroatoms. The van der Waals surface area contributed by atoms with Crippen LogP contribution in [-0.2, 0) is 4.79 Å². The summed E-state index contributed by atoms with van der Waals surface area (Å²) in [6, 6.07) is 4.26. The number of aliphatic hydroxyl groups excluding tert-OH is 1. The van der Waals surface area contributed by atoms with Gasteiger partial charge in [0.1, 0.15) is 0 Å². The predicted molar refractivity (Wildman–Crippen MR) is 74.1 cm³/mol. The highest BCUT2D eigenvalue weighted by Crippen LogP contribution is 2.23. The number of hydrogen-bond acceptors (Lipinski definition) is 4. The number of carboxylic acid groups (broad SMARTS) is 1. The maximum Gasteiger partial charge on any atom is 0.335 e. The molecule has 2 rings (SSSR count). The van der Waals surface area contributed by atoms with Gasteiger partial charge in [-0.05, 0) is 31.0 Å². The van der Waals surface area contributed by atoms with Gasteiger partial charge in [-0.2, -0.15) is 0 Å². The Morgan fingerprint density at radius 3 is 2.65 bits per heavy atom. The first-order valence-electron chi connectivity index (χ1n) is 6.20. The van der Waals surface area contributed by atoms with Gasteiger partial charge in [0.05, 0.1) is 28.9 Å². The van der Waals surface area contributed by atoms with Crippen LogP contribution >= 0.6 is 11.6 Å². The van der Waals surface area contributed by atoms with Crippen molar-refractivity contribution in [3.05, 3.63) is 28.8 Å². The van der Waals surface area contributed by atoms with Gasteiger partial charge >= 0.3 is 5.97 Å². The highest BCUT2D eigenvalue weighted by Gasteiger charge is 2.26. The minimum absolute atomic E-state index is 0.0553. The summed E-state index contributed by atoms with van der Waals surface area (Å²) in [7, 11) is 0. The van der Waals surface area contributed by atoms with Gasteiger partial charge < -0.3 is 20.8 Å². The Labute approximate surface area is 120 Å². The van der Waals surface area contributed by atoms with E-state index < -0.39 is 5.97 Å². The van der Waals surface area contributed by atoms with Crippen LogP contribution in [0.25, 0.3) is 0 Å². The molecule has 1 amide bonds. The molecular formula is C13H15ClN2O4. The summed E-state index contributed by atoms with van der Waals surface area (Å²) in [6.45, 7) is 0.0883. The molecule has 0 unspecified atom stereocenters. The van der Waals surface area contributed by atoms with E-state index in [9.17, 15) is 9.59 Å². The number of carbonyl (C=O) groups excluding carboxylic acids is 1. The zero-order chi connectivity index (χ0) is 14.7. The lowest BCUT2D eigenvalue weighted by atomic mass is 9.89. The molecule has 0 radical (unpaired) electrons. The molecule has 0 atom stereocenters. The highest BCUT2D eigenvalue weighted by atomic mass is 35.5. The van der Waals surface area contributed by atoms with E-state index in [2.05, 4.69) is 10.6 Å². The molecule has 1 aromatic carbocycles. The number of benzene rings is 1. The van der Waals surface area contributed by atoms with Gasteiger partial charge in [-0.3, -0.25) is 4.79 Å². The number of anilines is 1. The number of nitrogens with one attached hydrogen (secondary N) is 2. The van der Waals surface area contributed by atoms with Gasteiger partial charge in [0.2, 0.25) is 5.91 Å². The predicted octanol–water partition coefficient (Wildman–Crippen LogP) is 1.09. The van der Waals surface area contributed by atoms with Crippen molar-refractivity contribution < 1.29 is 19.8 Å². The molecule has 1 saturated carbocycles. The first-order valence-corrected chi connectivity index (χ1v) is 6.57. The van der Waals surface area contributed by atoms with Crippen LogP contribution in [0.1, 0.15) is 23.2 Å². The number of carbonyl (C=O) groups is 2. The van der Waals surface area contributed by atoms with Crippen molar-refractivity contribution in [1.82, 2.24) is 5.32 Å². The number of aromatic carboxylic acids is 1. The van der Waals surface area contributed by atoms with Gasteiger partial charge in [0.15, 0.2) is 0 Å². The lowest BCUT2D eigenvalue weighted by Gasteiger charge is -2.31. The smallest absolute Gasteiger partial charge is 0.335 e. The maximum absolute atomic E-state index is 11.7. The quantitative estimate of drug-likeness (QED) is 0.652. The Hall–Kier alpha value is -1.63. The Morgan fingerprint density at radius 2 is 2.05 bits per heavy atom. The number of aliphatic hydroxyl groups is 1. The van der Waals surface area contributed by atoms with Crippen LogP contribution in [0.15, 0.2) is 18.2 Å². The average molecular weight is 299 g/mol. The highest BCUT2D eigenvalue weighted by molar-refractivity contribution is 6.33. The van der Waals surface area contributed by atoms with Crippen molar-refractivity contribution in [3.63, 3.8) is 0 Å². The second-order valence-corrected chi connectivity index (χ2v) is 5.16. The molecule has 0 aliphatic heterocycles. The minimum Gasteiger partial charge on any atom is -0.478 e. The molecule has 108 valence electrons. The third-order valence-corrected chi connectivity index (χ3v) is 3.48. The second kappa shape index (κ2) is 6.21. The molecule has 1 fully saturated rings. The van der Waals surface area contributed by atoms with Crippen molar-refractivity contribution in [3.8, 4) is 0 Å². The van der Waals surface area contributed by atoms with E-state index in [1.54, 1.807) is 0 Å². The number of amides is 1. The number of rotatable bonds is 5. The summed E-state index contributed by atoms with van der Waals surface area (Å²) in [5.41, 5.74) is 0.326. The Balaban J connectivity index is 1.90. The van der Waals surface area contributed by atoms with E-state index in [1.807, 2.05) is 0 Å².